The number of carbonyl (C=O) groups is 1. The van der Waals surface area contributed by atoms with Gasteiger partial charge in [0.2, 0.25) is 0 Å². The second-order valence-corrected chi connectivity index (χ2v) is 13.8. The van der Waals surface area contributed by atoms with Crippen molar-refractivity contribution in [2.75, 3.05) is 12.3 Å². The number of nitrogens with zero attached hydrogens (tertiary/aromatic N) is 3. The van der Waals surface area contributed by atoms with Crippen molar-refractivity contribution in [1.29, 1.82) is 0 Å². The molecule has 35 heavy (non-hydrogen) atoms. The van der Waals surface area contributed by atoms with Gasteiger partial charge < -0.3 is 0 Å². The zero-order valence-electron chi connectivity index (χ0n) is 19.2. The molecular weight excluding hydrogens is 502 g/mol. The molecule has 10 heteroatoms. The lowest BCUT2D eigenvalue weighted by molar-refractivity contribution is -0.121. The van der Waals surface area contributed by atoms with E-state index in [0.29, 0.717) is 9.23 Å². The summed E-state index contributed by atoms with van der Waals surface area (Å²) in [4.78, 5) is 14.8. The molecule has 1 N–H and O–H groups in total. The summed E-state index contributed by atoms with van der Waals surface area (Å²) in [5, 5.41) is 5.14. The third-order valence-electron chi connectivity index (χ3n) is 8.04. The summed E-state index contributed by atoms with van der Waals surface area (Å²) in [5.74, 6) is 1.41. The zero-order valence-corrected chi connectivity index (χ0v) is 21.6. The zero-order chi connectivity index (χ0) is 24.4. The van der Waals surface area contributed by atoms with E-state index in [1.165, 1.54) is 35.9 Å². The first-order valence-corrected chi connectivity index (χ1v) is 14.9. The number of hydrogen-bond donors (Lipinski definition) is 1. The molecule has 1 amide bonds. The Morgan fingerprint density at radius 2 is 1.74 bits per heavy atom. The Kier molecular flexibility index (Phi) is 5.71. The van der Waals surface area contributed by atoms with Crippen LogP contribution in [-0.4, -0.2) is 50.2 Å². The molecule has 7 rings (SSSR count). The van der Waals surface area contributed by atoms with Gasteiger partial charge in [-0.15, -0.1) is 0 Å². The maximum absolute atomic E-state index is 13.1. The summed E-state index contributed by atoms with van der Waals surface area (Å²) in [7, 11) is -4.19. The Balaban J connectivity index is 1.39. The number of benzene rings is 1. The van der Waals surface area contributed by atoms with Crippen LogP contribution in [0.15, 0.2) is 41.4 Å². The Bertz CT molecular complexity index is 1300. The van der Waals surface area contributed by atoms with Crippen LogP contribution in [0.3, 0.4) is 0 Å². The van der Waals surface area contributed by atoms with Gasteiger partial charge in [0.25, 0.3) is 16.0 Å². The van der Waals surface area contributed by atoms with Crippen molar-refractivity contribution in [3.8, 4) is 5.69 Å². The van der Waals surface area contributed by atoms with Gasteiger partial charge in [0.1, 0.15) is 4.32 Å². The van der Waals surface area contributed by atoms with Crippen LogP contribution in [0.1, 0.15) is 49.8 Å². The Morgan fingerprint density at radius 3 is 2.34 bits per heavy atom. The summed E-state index contributed by atoms with van der Waals surface area (Å²) in [6, 6.07) is 10.00. The predicted molar refractivity (Wildman–Crippen MR) is 140 cm³/mol. The minimum Gasteiger partial charge on any atom is -0.292 e. The third-order valence-corrected chi connectivity index (χ3v) is 10.1. The minimum absolute atomic E-state index is 0.0403. The van der Waals surface area contributed by atoms with Gasteiger partial charge in [-0.1, -0.05) is 42.2 Å². The smallest absolute Gasteiger partial charge is 0.266 e. The van der Waals surface area contributed by atoms with Gasteiger partial charge in [-0.05, 0) is 74.5 Å². The third kappa shape index (κ3) is 4.39. The van der Waals surface area contributed by atoms with Gasteiger partial charge in [-0.3, -0.25) is 14.2 Å². The first kappa shape index (κ1) is 23.4. The van der Waals surface area contributed by atoms with E-state index in [4.69, 9.17) is 21.9 Å². The highest BCUT2D eigenvalue weighted by atomic mass is 32.2. The average molecular weight is 530 g/mol. The first-order chi connectivity index (χ1) is 16.7. The lowest BCUT2D eigenvalue weighted by Gasteiger charge is -2.56. The molecule has 2 heterocycles. The maximum atomic E-state index is 13.1. The molecule has 1 aromatic heterocycles. The van der Waals surface area contributed by atoms with Crippen LogP contribution in [0.4, 0.5) is 0 Å². The molecule has 1 aliphatic heterocycles. The number of thiocarbonyl (C=S) groups is 1. The Hall–Kier alpha value is -2.01. The second kappa shape index (κ2) is 8.54. The topological polar surface area (TPSA) is 92.5 Å². The van der Waals surface area contributed by atoms with Crippen molar-refractivity contribution >= 4 is 50.4 Å². The SMILES string of the molecule is O=C1C(=Cc2cn(-c3ccccc3)nc2C23CC4CC(CC(C4)C2)C3)SC(=S)N1CCS(=O)(=O)O. The predicted octanol–water partition coefficient (Wildman–Crippen LogP) is 4.43. The number of para-hydroxylation sites is 1. The average Bonchev–Trinajstić information content (AvgIpc) is 3.33. The van der Waals surface area contributed by atoms with Crippen LogP contribution in [-0.2, 0) is 20.3 Å². The highest BCUT2D eigenvalue weighted by Gasteiger charge is 2.53. The summed E-state index contributed by atoms with van der Waals surface area (Å²) in [5.41, 5.74) is 3.02. The molecule has 0 unspecified atom stereocenters. The standard InChI is InChI=1S/C25H27N3O4S3/c29-23-21(34-24(33)27(23)6-7-35(30,31)32)11-19-15-28(20-4-2-1-3-5-20)26-22(19)25-12-16-8-17(13-25)10-18(9-16)14-25/h1-5,11,15-18H,6-10,12-14H2,(H,30,31,32). The summed E-state index contributed by atoms with van der Waals surface area (Å²) < 4.78 is 33.7. The van der Waals surface area contributed by atoms with Crippen LogP contribution < -0.4 is 0 Å². The van der Waals surface area contributed by atoms with Crippen molar-refractivity contribution in [3.05, 3.63) is 52.7 Å². The Labute approximate surface area is 214 Å². The van der Waals surface area contributed by atoms with E-state index >= 15 is 0 Å². The molecule has 184 valence electrons. The molecule has 1 aromatic carbocycles. The number of thioether (sulfide) groups is 1. The fourth-order valence-corrected chi connectivity index (χ4v) is 8.77. The molecule has 2 aromatic rings. The molecule has 4 saturated carbocycles. The molecular formula is C25H27N3O4S3. The monoisotopic (exact) mass is 529 g/mol. The molecule has 0 atom stereocenters. The Morgan fingerprint density at radius 1 is 1.11 bits per heavy atom. The van der Waals surface area contributed by atoms with Gasteiger partial charge >= 0.3 is 0 Å². The van der Waals surface area contributed by atoms with E-state index in [1.807, 2.05) is 47.3 Å². The van der Waals surface area contributed by atoms with Crippen molar-refractivity contribution < 1.29 is 17.8 Å². The lowest BCUT2D eigenvalue weighted by atomic mass is 9.48. The van der Waals surface area contributed by atoms with Crippen molar-refractivity contribution in [3.63, 3.8) is 0 Å². The van der Waals surface area contributed by atoms with Gasteiger partial charge in [0.05, 0.1) is 22.0 Å². The fraction of sp³-hybridized carbons (Fsp3) is 0.480. The number of hydrogen-bond acceptors (Lipinski definition) is 6. The molecule has 5 aliphatic rings. The highest BCUT2D eigenvalue weighted by molar-refractivity contribution is 8.26. The molecule has 5 fully saturated rings. The van der Waals surface area contributed by atoms with Crippen molar-refractivity contribution in [2.24, 2.45) is 17.8 Å². The van der Waals surface area contributed by atoms with Crippen LogP contribution in [0, 0.1) is 17.8 Å². The summed E-state index contributed by atoms with van der Waals surface area (Å²) in [6.45, 7) is -0.161. The largest absolute Gasteiger partial charge is 0.292 e. The van der Waals surface area contributed by atoms with E-state index in [2.05, 4.69) is 0 Å². The molecule has 0 radical (unpaired) electrons. The molecule has 0 spiro atoms. The molecule has 4 aliphatic carbocycles. The van der Waals surface area contributed by atoms with Crippen LogP contribution in [0.2, 0.25) is 0 Å². The lowest BCUT2D eigenvalue weighted by Crippen LogP contribution is -2.49. The number of aromatic nitrogens is 2. The number of amides is 1. The van der Waals surface area contributed by atoms with E-state index in [0.717, 1.165) is 54.0 Å². The molecule has 4 bridgehead atoms. The maximum Gasteiger partial charge on any atom is 0.266 e. The minimum atomic E-state index is -4.19. The second-order valence-electron chi connectivity index (χ2n) is 10.5. The quantitative estimate of drug-likeness (QED) is 0.336. The number of rotatable bonds is 6. The van der Waals surface area contributed by atoms with E-state index < -0.39 is 15.9 Å². The highest BCUT2D eigenvalue weighted by Crippen LogP contribution is 2.61. The van der Waals surface area contributed by atoms with Crippen LogP contribution >= 0.6 is 24.0 Å². The molecule has 1 saturated heterocycles. The van der Waals surface area contributed by atoms with Gasteiger partial charge in [-0.25, -0.2) is 4.68 Å². The normalized spacial score (nSPS) is 31.2. The van der Waals surface area contributed by atoms with Crippen LogP contribution in [0.5, 0.6) is 0 Å². The van der Waals surface area contributed by atoms with Crippen molar-refractivity contribution in [1.82, 2.24) is 14.7 Å². The van der Waals surface area contributed by atoms with Crippen molar-refractivity contribution in [2.45, 2.75) is 43.9 Å². The summed E-state index contributed by atoms with van der Waals surface area (Å²) in [6.07, 6.45) is 11.4. The first-order valence-electron chi connectivity index (χ1n) is 12.1. The van der Waals surface area contributed by atoms with E-state index in [-0.39, 0.29) is 17.9 Å². The van der Waals surface area contributed by atoms with Gasteiger partial charge in [0, 0.05) is 23.7 Å². The van der Waals surface area contributed by atoms with Crippen LogP contribution in [0.25, 0.3) is 11.8 Å². The van der Waals surface area contributed by atoms with Gasteiger partial charge in [0.15, 0.2) is 0 Å². The molecule has 7 nitrogen and oxygen atoms in total. The summed E-state index contributed by atoms with van der Waals surface area (Å²) >= 11 is 6.53. The van der Waals surface area contributed by atoms with E-state index in [9.17, 15) is 13.2 Å². The van der Waals surface area contributed by atoms with Gasteiger partial charge in [-0.2, -0.15) is 13.5 Å². The number of carbonyl (C=O) groups excluding carboxylic acids is 1. The van der Waals surface area contributed by atoms with E-state index in [1.54, 1.807) is 0 Å². The fourth-order valence-electron chi connectivity index (χ4n) is 7.06.